The molecule has 4 nitrogen and oxygen atoms in total. The fraction of sp³-hybridized carbons (Fsp3) is 0.158. The van der Waals surface area contributed by atoms with Crippen molar-refractivity contribution in [2.24, 2.45) is 0 Å². The van der Waals surface area contributed by atoms with E-state index < -0.39 is 0 Å². The third kappa shape index (κ3) is 5.27. The van der Waals surface area contributed by atoms with Gasteiger partial charge in [0.25, 0.3) is 0 Å². The Morgan fingerprint density at radius 1 is 1.16 bits per heavy atom. The van der Waals surface area contributed by atoms with E-state index in [1.807, 2.05) is 47.8 Å². The third-order valence-corrected chi connectivity index (χ3v) is 4.40. The number of hydrogen-bond acceptors (Lipinski definition) is 4. The molecule has 1 aromatic heterocycles. The van der Waals surface area contributed by atoms with Gasteiger partial charge in [0.15, 0.2) is 0 Å². The van der Waals surface area contributed by atoms with Gasteiger partial charge in [-0.05, 0) is 24.1 Å². The minimum Gasteiger partial charge on any atom is -0.325 e. The molecule has 25 heavy (non-hydrogen) atoms. The van der Waals surface area contributed by atoms with Crippen molar-refractivity contribution in [1.82, 2.24) is 10.3 Å². The summed E-state index contributed by atoms with van der Waals surface area (Å²) >= 11 is 1.54. The number of benzene rings is 2. The zero-order valence-electron chi connectivity index (χ0n) is 13.7. The molecule has 0 spiro atoms. The Labute approximate surface area is 152 Å². The van der Waals surface area contributed by atoms with Gasteiger partial charge in [-0.25, -0.2) is 4.98 Å². The van der Waals surface area contributed by atoms with Crippen LogP contribution in [0.3, 0.4) is 0 Å². The molecule has 1 amide bonds. The number of aromatic nitrogens is 1. The lowest BCUT2D eigenvalue weighted by atomic mass is 9.96. The summed E-state index contributed by atoms with van der Waals surface area (Å²) < 4.78 is 0. The number of carbonyl (C=O) groups excluding carboxylic acids is 1. The van der Waals surface area contributed by atoms with Gasteiger partial charge in [-0.15, -0.1) is 11.3 Å². The van der Waals surface area contributed by atoms with Crippen molar-refractivity contribution >= 4 is 36.2 Å². The van der Waals surface area contributed by atoms with Crippen LogP contribution in [0.4, 0.5) is 5.69 Å². The van der Waals surface area contributed by atoms with Crippen LogP contribution in [0.25, 0.3) is 0 Å². The van der Waals surface area contributed by atoms with Crippen LogP contribution in [0.2, 0.25) is 0 Å². The van der Waals surface area contributed by atoms with Gasteiger partial charge >= 0.3 is 0 Å². The maximum Gasteiger partial charge on any atom is 0.241 e. The molecule has 6 heteroatoms. The van der Waals surface area contributed by atoms with Crippen molar-refractivity contribution in [3.8, 4) is 0 Å². The molecule has 0 aliphatic rings. The van der Waals surface area contributed by atoms with Crippen LogP contribution in [-0.4, -0.2) is 24.8 Å². The van der Waals surface area contributed by atoms with Crippen LogP contribution in [0, 0.1) is 0 Å². The number of amides is 1. The molecular formula is C19H18BN3OS. The van der Waals surface area contributed by atoms with Gasteiger partial charge in [0.2, 0.25) is 5.91 Å². The second-order valence-electron chi connectivity index (χ2n) is 5.72. The summed E-state index contributed by atoms with van der Waals surface area (Å²) in [6.45, 7) is 0.547. The van der Waals surface area contributed by atoms with Crippen LogP contribution in [0.5, 0.6) is 0 Å². The Morgan fingerprint density at radius 2 is 2.00 bits per heavy atom. The smallest absolute Gasteiger partial charge is 0.241 e. The number of hydrogen-bond donors (Lipinski definition) is 2. The molecule has 2 N–H and O–H groups in total. The predicted molar refractivity (Wildman–Crippen MR) is 103 cm³/mol. The number of rotatable bonds is 7. The highest BCUT2D eigenvalue weighted by Gasteiger charge is 2.19. The molecule has 3 rings (SSSR count). The Hall–Kier alpha value is -2.44. The van der Waals surface area contributed by atoms with E-state index in [9.17, 15) is 4.79 Å². The van der Waals surface area contributed by atoms with Gasteiger partial charge in [-0.3, -0.25) is 10.1 Å². The molecule has 0 aliphatic heterocycles. The number of thiazole rings is 1. The van der Waals surface area contributed by atoms with Crippen LogP contribution < -0.4 is 16.1 Å². The van der Waals surface area contributed by atoms with E-state index in [0.717, 1.165) is 11.3 Å². The lowest BCUT2D eigenvalue weighted by molar-refractivity contribution is -0.118. The van der Waals surface area contributed by atoms with E-state index in [-0.39, 0.29) is 11.9 Å². The number of carbonyl (C=O) groups is 1. The van der Waals surface area contributed by atoms with E-state index >= 15 is 0 Å². The summed E-state index contributed by atoms with van der Waals surface area (Å²) in [4.78, 5) is 17.0. The van der Waals surface area contributed by atoms with E-state index in [0.29, 0.717) is 24.1 Å². The first kappa shape index (κ1) is 17.4. The van der Waals surface area contributed by atoms with Crippen molar-refractivity contribution in [1.29, 1.82) is 0 Å². The highest BCUT2D eigenvalue weighted by molar-refractivity contribution is 7.07. The fourth-order valence-electron chi connectivity index (χ4n) is 2.51. The Bertz CT molecular complexity index is 809. The average Bonchev–Trinajstić information content (AvgIpc) is 3.13. The maximum atomic E-state index is 12.8. The highest BCUT2D eigenvalue weighted by atomic mass is 32.1. The van der Waals surface area contributed by atoms with Gasteiger partial charge in [0.05, 0.1) is 17.2 Å². The lowest BCUT2D eigenvalue weighted by Crippen LogP contribution is -2.42. The summed E-state index contributed by atoms with van der Waals surface area (Å²) in [5.74, 6) is -0.0929. The van der Waals surface area contributed by atoms with Gasteiger partial charge < -0.3 is 5.32 Å². The van der Waals surface area contributed by atoms with Crippen LogP contribution in [-0.2, 0) is 17.8 Å². The second kappa shape index (κ2) is 8.60. The first-order valence-corrected chi connectivity index (χ1v) is 8.96. The summed E-state index contributed by atoms with van der Waals surface area (Å²) in [5.41, 5.74) is 5.13. The van der Waals surface area contributed by atoms with Crippen LogP contribution in [0.1, 0.15) is 11.3 Å². The highest BCUT2D eigenvalue weighted by Crippen LogP contribution is 2.09. The van der Waals surface area contributed by atoms with Crippen molar-refractivity contribution < 1.29 is 4.79 Å². The molecule has 1 heterocycles. The van der Waals surface area contributed by atoms with Crippen molar-refractivity contribution in [3.05, 3.63) is 76.7 Å². The summed E-state index contributed by atoms with van der Waals surface area (Å²) in [6, 6.07) is 16.8. The third-order valence-electron chi connectivity index (χ3n) is 3.77. The predicted octanol–water partition coefficient (Wildman–Crippen LogP) is 2.28. The molecule has 2 radical (unpaired) electrons. The Morgan fingerprint density at radius 3 is 2.72 bits per heavy atom. The Kier molecular flexibility index (Phi) is 5.98. The summed E-state index contributed by atoms with van der Waals surface area (Å²) in [6.07, 6.45) is 0.596. The normalized spacial score (nSPS) is 11.8. The van der Waals surface area contributed by atoms with E-state index in [4.69, 9.17) is 7.85 Å². The zero-order chi connectivity index (χ0) is 17.5. The molecule has 0 unspecified atom stereocenters. The zero-order valence-corrected chi connectivity index (χ0v) is 14.5. The molecule has 0 aliphatic carbocycles. The van der Waals surface area contributed by atoms with Crippen LogP contribution in [0.15, 0.2) is 65.5 Å². The summed E-state index contributed by atoms with van der Waals surface area (Å²) in [7, 11) is 5.78. The fourth-order valence-corrected chi connectivity index (χ4v) is 3.06. The minimum atomic E-state index is -0.370. The average molecular weight is 347 g/mol. The van der Waals surface area contributed by atoms with Crippen molar-refractivity contribution in [2.75, 3.05) is 5.32 Å². The molecule has 1 atom stereocenters. The van der Waals surface area contributed by atoms with Crippen LogP contribution >= 0.6 is 11.3 Å². The van der Waals surface area contributed by atoms with Gasteiger partial charge in [-0.2, -0.15) is 0 Å². The molecule has 0 saturated heterocycles. The topological polar surface area (TPSA) is 54.0 Å². The molecular weight excluding hydrogens is 329 g/mol. The van der Waals surface area contributed by atoms with Gasteiger partial charge in [-0.1, -0.05) is 47.9 Å². The molecule has 0 saturated carbocycles. The molecule has 0 fully saturated rings. The maximum absolute atomic E-state index is 12.8. The summed E-state index contributed by atoms with van der Waals surface area (Å²) in [5, 5.41) is 8.21. The minimum absolute atomic E-state index is 0.0929. The molecule has 3 aromatic rings. The van der Waals surface area contributed by atoms with Gasteiger partial charge in [0, 0.05) is 17.6 Å². The standard InChI is InChI=1S/C19H18BN3OS/c20-15-7-4-8-16(10-15)23-19(24)18(9-14-5-2-1-3-6-14)21-11-17-12-25-13-22-17/h1-8,10,12-13,18,21H,9,11H2,(H,23,24)/t18-/m0/s1. The second-order valence-corrected chi connectivity index (χ2v) is 6.44. The number of nitrogens with zero attached hydrogens (tertiary/aromatic N) is 1. The van der Waals surface area contributed by atoms with Crippen molar-refractivity contribution in [2.45, 2.75) is 19.0 Å². The number of anilines is 1. The van der Waals surface area contributed by atoms with Crippen molar-refractivity contribution in [3.63, 3.8) is 0 Å². The van der Waals surface area contributed by atoms with E-state index in [2.05, 4.69) is 15.6 Å². The van der Waals surface area contributed by atoms with Gasteiger partial charge in [0.1, 0.15) is 7.85 Å². The van der Waals surface area contributed by atoms with E-state index in [1.165, 1.54) is 0 Å². The monoisotopic (exact) mass is 347 g/mol. The first-order chi connectivity index (χ1) is 12.2. The molecule has 0 bridgehead atoms. The molecule has 2 aromatic carbocycles. The quantitative estimate of drug-likeness (QED) is 0.645. The number of nitrogens with one attached hydrogen (secondary N) is 2. The Balaban J connectivity index is 1.70. The van der Waals surface area contributed by atoms with E-state index in [1.54, 1.807) is 29.0 Å². The SMILES string of the molecule is [B]c1cccc(NC(=O)[C@H](Cc2ccccc2)NCc2cscn2)c1. The largest absolute Gasteiger partial charge is 0.325 e. The molecule has 124 valence electrons. The lowest BCUT2D eigenvalue weighted by Gasteiger charge is -2.18. The first-order valence-electron chi connectivity index (χ1n) is 8.01.